The second kappa shape index (κ2) is 11.5. The molecule has 0 spiro atoms. The Hall–Kier alpha value is -2.08. The maximum absolute atomic E-state index is 5.52. The number of nitrogens with one attached hydrogen (secondary N) is 2. The van der Waals surface area contributed by atoms with E-state index in [9.17, 15) is 0 Å². The van der Waals surface area contributed by atoms with Crippen LogP contribution >= 0.6 is 0 Å². The molecule has 2 heterocycles. The van der Waals surface area contributed by atoms with Crippen molar-refractivity contribution < 1.29 is 4.74 Å². The Balaban J connectivity index is 1.85. The number of ether oxygens (including phenoxy) is 1. The van der Waals surface area contributed by atoms with Gasteiger partial charge in [-0.2, -0.15) is 0 Å². The normalized spacial score (nSPS) is 16.3. The number of aliphatic imine (C=N–C) groups is 1. The molecular formula is C20H33N5O. The number of likely N-dealkylation sites (tertiary alicyclic amines) is 1. The molecule has 2 N–H and O–H groups in total. The van der Waals surface area contributed by atoms with Gasteiger partial charge >= 0.3 is 0 Å². The van der Waals surface area contributed by atoms with Crippen molar-refractivity contribution in [2.75, 3.05) is 32.8 Å². The monoisotopic (exact) mass is 359 g/mol. The Labute approximate surface area is 157 Å². The summed E-state index contributed by atoms with van der Waals surface area (Å²) in [5.41, 5.74) is 1.08. The third-order valence-electron chi connectivity index (χ3n) is 4.33. The molecule has 0 unspecified atom stereocenters. The largest absolute Gasteiger partial charge is 0.478 e. The Bertz CT molecular complexity index is 550. The van der Waals surface area contributed by atoms with Gasteiger partial charge in [0.05, 0.1) is 13.2 Å². The van der Waals surface area contributed by atoms with Gasteiger partial charge in [0.2, 0.25) is 5.88 Å². The fourth-order valence-corrected chi connectivity index (χ4v) is 2.92. The van der Waals surface area contributed by atoms with Crippen LogP contribution < -0.4 is 15.4 Å². The molecule has 144 valence electrons. The van der Waals surface area contributed by atoms with E-state index >= 15 is 0 Å². The van der Waals surface area contributed by atoms with E-state index in [2.05, 4.69) is 40.9 Å². The highest BCUT2D eigenvalue weighted by Gasteiger charge is 2.18. The summed E-state index contributed by atoms with van der Waals surface area (Å²) in [6.07, 6.45) is 7.06. The van der Waals surface area contributed by atoms with Gasteiger partial charge in [-0.05, 0) is 31.7 Å². The van der Waals surface area contributed by atoms with Crippen LogP contribution in [0.5, 0.6) is 5.88 Å². The van der Waals surface area contributed by atoms with Gasteiger partial charge in [0.25, 0.3) is 0 Å². The van der Waals surface area contributed by atoms with Crippen LogP contribution in [-0.4, -0.2) is 54.7 Å². The lowest BCUT2D eigenvalue weighted by atomic mass is 10.1. The molecule has 0 amide bonds. The minimum atomic E-state index is 0.469. The van der Waals surface area contributed by atoms with Gasteiger partial charge in [-0.3, -0.25) is 4.90 Å². The van der Waals surface area contributed by atoms with E-state index in [1.54, 1.807) is 0 Å². The highest BCUT2D eigenvalue weighted by molar-refractivity contribution is 5.80. The number of hydrogen-bond acceptors (Lipinski definition) is 4. The molecule has 1 aliphatic heterocycles. The molecule has 1 fully saturated rings. The van der Waals surface area contributed by atoms with Gasteiger partial charge in [0.15, 0.2) is 5.96 Å². The predicted molar refractivity (Wildman–Crippen MR) is 108 cm³/mol. The molecule has 0 saturated carbocycles. The first-order chi connectivity index (χ1) is 12.7. The number of rotatable bonds is 9. The molecule has 1 aromatic rings. The standard InChI is InChI=1S/C20H33N5O/c1-4-11-25-12-9-18(10-13-25)24-20(21-6-3)23-16-17-7-8-19(22-15-17)26-14-5-2/h4,7-8,15,18H,1,5-6,9-14,16H2,2-3H3,(H2,21,23,24). The van der Waals surface area contributed by atoms with Crippen molar-refractivity contribution in [3.8, 4) is 5.88 Å². The van der Waals surface area contributed by atoms with Crippen LogP contribution in [-0.2, 0) is 6.54 Å². The van der Waals surface area contributed by atoms with Crippen LogP contribution in [0.3, 0.4) is 0 Å². The Morgan fingerprint density at radius 2 is 2.19 bits per heavy atom. The molecule has 6 heteroatoms. The zero-order valence-electron chi connectivity index (χ0n) is 16.2. The summed E-state index contributed by atoms with van der Waals surface area (Å²) in [5, 5.41) is 6.91. The zero-order chi connectivity index (χ0) is 18.6. The third-order valence-corrected chi connectivity index (χ3v) is 4.33. The summed E-state index contributed by atoms with van der Waals surface area (Å²) in [6, 6.07) is 4.41. The number of piperidine rings is 1. The van der Waals surface area contributed by atoms with Gasteiger partial charge < -0.3 is 15.4 Å². The van der Waals surface area contributed by atoms with Crippen LogP contribution in [0.15, 0.2) is 36.0 Å². The number of pyridine rings is 1. The highest BCUT2D eigenvalue weighted by Crippen LogP contribution is 2.11. The third kappa shape index (κ3) is 7.04. The molecular weight excluding hydrogens is 326 g/mol. The predicted octanol–water partition coefficient (Wildman–Crippen LogP) is 2.58. The van der Waals surface area contributed by atoms with Crippen LogP contribution in [0.1, 0.15) is 38.7 Å². The fraction of sp³-hybridized carbons (Fsp3) is 0.600. The molecule has 0 aromatic carbocycles. The van der Waals surface area contributed by atoms with Crippen LogP contribution in [0.2, 0.25) is 0 Å². The second-order valence-electron chi connectivity index (χ2n) is 6.56. The fourth-order valence-electron chi connectivity index (χ4n) is 2.92. The van der Waals surface area contributed by atoms with Crippen LogP contribution in [0.25, 0.3) is 0 Å². The minimum absolute atomic E-state index is 0.469. The van der Waals surface area contributed by atoms with Crippen molar-refractivity contribution in [2.24, 2.45) is 4.99 Å². The van der Waals surface area contributed by atoms with Crippen molar-refractivity contribution >= 4 is 5.96 Å². The van der Waals surface area contributed by atoms with Crippen molar-refractivity contribution in [3.05, 3.63) is 36.5 Å². The zero-order valence-corrected chi connectivity index (χ0v) is 16.2. The van der Waals surface area contributed by atoms with Crippen molar-refractivity contribution in [1.29, 1.82) is 0 Å². The van der Waals surface area contributed by atoms with Gasteiger partial charge in [-0.1, -0.05) is 19.1 Å². The van der Waals surface area contributed by atoms with Gasteiger partial charge in [-0.15, -0.1) is 6.58 Å². The summed E-state index contributed by atoms with van der Waals surface area (Å²) in [7, 11) is 0. The van der Waals surface area contributed by atoms with Gasteiger partial charge in [0, 0.05) is 44.5 Å². The second-order valence-corrected chi connectivity index (χ2v) is 6.56. The first kappa shape index (κ1) is 20.2. The van der Waals surface area contributed by atoms with Crippen molar-refractivity contribution in [3.63, 3.8) is 0 Å². The smallest absolute Gasteiger partial charge is 0.213 e. The summed E-state index contributed by atoms with van der Waals surface area (Å²) in [5.74, 6) is 1.55. The van der Waals surface area contributed by atoms with E-state index in [0.717, 1.165) is 57.0 Å². The van der Waals surface area contributed by atoms with E-state index in [-0.39, 0.29) is 0 Å². The minimum Gasteiger partial charge on any atom is -0.478 e. The maximum atomic E-state index is 5.52. The molecule has 6 nitrogen and oxygen atoms in total. The maximum Gasteiger partial charge on any atom is 0.213 e. The molecule has 1 aromatic heterocycles. The van der Waals surface area contributed by atoms with E-state index in [1.807, 2.05) is 24.4 Å². The molecule has 0 aliphatic carbocycles. The SMILES string of the molecule is C=CCN1CCC(NC(=NCc2ccc(OCCC)nc2)NCC)CC1. The van der Waals surface area contributed by atoms with E-state index in [4.69, 9.17) is 9.73 Å². The average molecular weight is 360 g/mol. The summed E-state index contributed by atoms with van der Waals surface area (Å²) in [6.45, 7) is 13.3. The topological polar surface area (TPSA) is 61.8 Å². The Kier molecular flexibility index (Phi) is 8.96. The number of hydrogen-bond donors (Lipinski definition) is 2. The quantitative estimate of drug-likeness (QED) is 0.403. The Morgan fingerprint density at radius 3 is 2.81 bits per heavy atom. The lowest BCUT2D eigenvalue weighted by Crippen LogP contribution is -2.48. The van der Waals surface area contributed by atoms with Crippen LogP contribution in [0, 0.1) is 0 Å². The van der Waals surface area contributed by atoms with Crippen LogP contribution in [0.4, 0.5) is 0 Å². The lowest BCUT2D eigenvalue weighted by molar-refractivity contribution is 0.225. The van der Waals surface area contributed by atoms with Crippen molar-refractivity contribution in [2.45, 2.75) is 45.7 Å². The average Bonchev–Trinajstić information content (AvgIpc) is 2.67. The molecule has 0 radical (unpaired) electrons. The molecule has 1 saturated heterocycles. The van der Waals surface area contributed by atoms with Gasteiger partial charge in [-0.25, -0.2) is 9.98 Å². The Morgan fingerprint density at radius 1 is 1.38 bits per heavy atom. The van der Waals surface area contributed by atoms with Gasteiger partial charge in [0.1, 0.15) is 0 Å². The lowest BCUT2D eigenvalue weighted by Gasteiger charge is -2.32. The number of guanidine groups is 1. The number of nitrogens with zero attached hydrogens (tertiary/aromatic N) is 3. The molecule has 1 aliphatic rings. The van der Waals surface area contributed by atoms with E-state index in [1.165, 1.54) is 0 Å². The van der Waals surface area contributed by atoms with E-state index < -0.39 is 0 Å². The molecule has 2 rings (SSSR count). The molecule has 0 atom stereocenters. The summed E-state index contributed by atoms with van der Waals surface area (Å²) < 4.78 is 5.52. The molecule has 26 heavy (non-hydrogen) atoms. The first-order valence-electron chi connectivity index (χ1n) is 9.71. The molecule has 0 bridgehead atoms. The highest BCUT2D eigenvalue weighted by atomic mass is 16.5. The van der Waals surface area contributed by atoms with Crippen molar-refractivity contribution in [1.82, 2.24) is 20.5 Å². The first-order valence-corrected chi connectivity index (χ1v) is 9.71. The summed E-state index contributed by atoms with van der Waals surface area (Å²) in [4.78, 5) is 11.5. The van der Waals surface area contributed by atoms with E-state index in [0.29, 0.717) is 25.1 Å². The number of aromatic nitrogens is 1. The summed E-state index contributed by atoms with van der Waals surface area (Å²) >= 11 is 0.